The highest BCUT2D eigenvalue weighted by Gasteiger charge is 2.16. The monoisotopic (exact) mass is 482 g/mol. The fourth-order valence-corrected chi connectivity index (χ4v) is 3.46. The molecule has 8 nitrogen and oxygen atoms in total. The summed E-state index contributed by atoms with van der Waals surface area (Å²) in [5, 5.41) is 21.5. The third-order valence-electron chi connectivity index (χ3n) is 4.65. The molecule has 166 valence electrons. The molecule has 0 aliphatic heterocycles. The molecule has 1 amide bonds. The Morgan fingerprint density at radius 3 is 2.52 bits per heavy atom. The van der Waals surface area contributed by atoms with E-state index in [0.29, 0.717) is 10.7 Å². The minimum Gasteiger partial charge on any atom is -0.455 e. The highest BCUT2D eigenvalue weighted by Crippen LogP contribution is 2.34. The number of hydrogen-bond donors (Lipinski definition) is 2. The standard InChI is InChI=1S/C23H16Cl2N4O4/c1-13-2-4-14(5-3-13)20-12-21(28-27-20)23(30)26-16-9-17(29(31)32)11-18(10-16)33-22-7-6-15(24)8-19(22)25/h2-12H,1H3,(H,26,30)(H,27,28). The van der Waals surface area contributed by atoms with E-state index >= 15 is 0 Å². The summed E-state index contributed by atoms with van der Waals surface area (Å²) >= 11 is 12.0. The number of carbonyl (C=O) groups excluding carboxylic acids is 1. The summed E-state index contributed by atoms with van der Waals surface area (Å²) in [6.07, 6.45) is 0. The summed E-state index contributed by atoms with van der Waals surface area (Å²) in [7, 11) is 0. The molecule has 2 N–H and O–H groups in total. The Morgan fingerprint density at radius 2 is 1.82 bits per heavy atom. The number of anilines is 1. The molecule has 1 aromatic heterocycles. The first-order chi connectivity index (χ1) is 15.8. The van der Waals surface area contributed by atoms with Crippen LogP contribution in [0.4, 0.5) is 11.4 Å². The number of rotatable bonds is 6. The lowest BCUT2D eigenvalue weighted by Crippen LogP contribution is -2.12. The molecule has 10 heteroatoms. The number of H-pyrrole nitrogens is 1. The topological polar surface area (TPSA) is 110 Å². The Hall–Kier alpha value is -3.88. The molecule has 0 aliphatic rings. The first-order valence-electron chi connectivity index (χ1n) is 9.65. The minimum atomic E-state index is -0.586. The van der Waals surface area contributed by atoms with Gasteiger partial charge in [-0.05, 0) is 31.2 Å². The second kappa shape index (κ2) is 9.32. The molecule has 3 aromatic carbocycles. The Labute approximate surface area is 198 Å². The van der Waals surface area contributed by atoms with Crippen molar-refractivity contribution in [2.45, 2.75) is 6.92 Å². The summed E-state index contributed by atoms with van der Waals surface area (Å²) in [6, 6.07) is 17.8. The number of benzene rings is 3. The minimum absolute atomic E-state index is 0.119. The van der Waals surface area contributed by atoms with Crippen LogP contribution in [0.15, 0.2) is 66.7 Å². The van der Waals surface area contributed by atoms with E-state index in [9.17, 15) is 14.9 Å². The van der Waals surface area contributed by atoms with Gasteiger partial charge in [0.05, 0.1) is 27.4 Å². The van der Waals surface area contributed by atoms with Crippen LogP contribution in [0.25, 0.3) is 11.3 Å². The molecule has 0 saturated heterocycles. The van der Waals surface area contributed by atoms with Gasteiger partial charge < -0.3 is 10.1 Å². The average Bonchev–Trinajstić information content (AvgIpc) is 3.26. The number of nitrogens with zero attached hydrogens (tertiary/aromatic N) is 2. The number of nitro benzene ring substituents is 1. The van der Waals surface area contributed by atoms with Crippen molar-refractivity contribution >= 4 is 40.5 Å². The van der Waals surface area contributed by atoms with Crippen molar-refractivity contribution < 1.29 is 14.5 Å². The number of aryl methyl sites for hydroxylation is 1. The normalized spacial score (nSPS) is 10.6. The largest absolute Gasteiger partial charge is 0.455 e. The van der Waals surface area contributed by atoms with Crippen molar-refractivity contribution in [3.05, 3.63) is 98.1 Å². The van der Waals surface area contributed by atoms with Crippen LogP contribution in [-0.2, 0) is 0 Å². The summed E-state index contributed by atoms with van der Waals surface area (Å²) in [5.74, 6) is -0.138. The van der Waals surface area contributed by atoms with Crippen molar-refractivity contribution in [1.29, 1.82) is 0 Å². The predicted octanol–water partition coefficient (Wildman–Crippen LogP) is 6.64. The predicted molar refractivity (Wildman–Crippen MR) is 126 cm³/mol. The van der Waals surface area contributed by atoms with Gasteiger partial charge in [0.2, 0.25) is 0 Å². The number of amides is 1. The maximum atomic E-state index is 12.7. The van der Waals surface area contributed by atoms with Crippen LogP contribution >= 0.6 is 23.2 Å². The molecule has 0 unspecified atom stereocenters. The first-order valence-corrected chi connectivity index (χ1v) is 10.4. The summed E-state index contributed by atoms with van der Waals surface area (Å²) in [5.41, 5.74) is 2.65. The zero-order valence-electron chi connectivity index (χ0n) is 17.1. The van der Waals surface area contributed by atoms with Gasteiger partial charge in [-0.1, -0.05) is 53.0 Å². The SMILES string of the molecule is Cc1ccc(-c2cc(C(=O)Nc3cc(Oc4ccc(Cl)cc4Cl)cc([N+](=O)[O-])c3)[nH]n2)cc1. The average molecular weight is 483 g/mol. The highest BCUT2D eigenvalue weighted by molar-refractivity contribution is 6.35. The molecule has 33 heavy (non-hydrogen) atoms. The van der Waals surface area contributed by atoms with Crippen LogP contribution in [0, 0.1) is 17.0 Å². The van der Waals surface area contributed by atoms with Gasteiger partial charge in [-0.3, -0.25) is 20.0 Å². The number of non-ortho nitro benzene ring substituents is 1. The van der Waals surface area contributed by atoms with Gasteiger partial charge in [-0.15, -0.1) is 0 Å². The number of aromatic nitrogens is 2. The molecule has 0 spiro atoms. The molecule has 0 fully saturated rings. The molecule has 0 saturated carbocycles. The van der Waals surface area contributed by atoms with Gasteiger partial charge in [0, 0.05) is 22.7 Å². The summed E-state index contributed by atoms with van der Waals surface area (Å²) in [4.78, 5) is 23.5. The van der Waals surface area contributed by atoms with Crippen LogP contribution in [0.3, 0.4) is 0 Å². The third kappa shape index (κ3) is 5.31. The van der Waals surface area contributed by atoms with Crippen LogP contribution in [0.1, 0.15) is 16.1 Å². The maximum Gasteiger partial charge on any atom is 0.275 e. The highest BCUT2D eigenvalue weighted by atomic mass is 35.5. The number of hydrogen-bond acceptors (Lipinski definition) is 5. The molecule has 4 aromatic rings. The van der Waals surface area contributed by atoms with E-state index in [1.54, 1.807) is 18.2 Å². The van der Waals surface area contributed by atoms with E-state index in [4.69, 9.17) is 27.9 Å². The molecule has 1 heterocycles. The van der Waals surface area contributed by atoms with Crippen molar-refractivity contribution in [1.82, 2.24) is 10.2 Å². The van der Waals surface area contributed by atoms with E-state index in [1.165, 1.54) is 24.3 Å². The van der Waals surface area contributed by atoms with Crippen LogP contribution < -0.4 is 10.1 Å². The van der Waals surface area contributed by atoms with Crippen molar-refractivity contribution in [2.75, 3.05) is 5.32 Å². The van der Waals surface area contributed by atoms with Gasteiger partial charge in [0.25, 0.3) is 11.6 Å². The maximum absolute atomic E-state index is 12.7. The second-order valence-electron chi connectivity index (χ2n) is 7.14. The first kappa shape index (κ1) is 22.3. The number of nitro groups is 1. The number of ether oxygens (including phenoxy) is 1. The molecular formula is C23H16Cl2N4O4. The van der Waals surface area contributed by atoms with E-state index in [0.717, 1.165) is 11.1 Å². The zero-order valence-corrected chi connectivity index (χ0v) is 18.6. The number of nitrogens with one attached hydrogen (secondary N) is 2. The Bertz CT molecular complexity index is 1350. The van der Waals surface area contributed by atoms with E-state index in [1.807, 2.05) is 31.2 Å². The van der Waals surface area contributed by atoms with Crippen molar-refractivity contribution in [3.8, 4) is 22.8 Å². The lowest BCUT2D eigenvalue weighted by atomic mass is 10.1. The van der Waals surface area contributed by atoms with Crippen molar-refractivity contribution in [3.63, 3.8) is 0 Å². The molecule has 0 atom stereocenters. The summed E-state index contributed by atoms with van der Waals surface area (Å²) < 4.78 is 5.69. The number of aromatic amines is 1. The molecule has 0 aliphatic carbocycles. The smallest absolute Gasteiger partial charge is 0.275 e. The second-order valence-corrected chi connectivity index (χ2v) is 7.98. The fraction of sp³-hybridized carbons (Fsp3) is 0.0435. The van der Waals surface area contributed by atoms with E-state index in [2.05, 4.69) is 15.5 Å². The van der Waals surface area contributed by atoms with Crippen LogP contribution in [0.2, 0.25) is 10.0 Å². The van der Waals surface area contributed by atoms with Gasteiger partial charge >= 0.3 is 0 Å². The number of halogens is 2. The third-order valence-corrected chi connectivity index (χ3v) is 5.18. The lowest BCUT2D eigenvalue weighted by Gasteiger charge is -2.10. The lowest BCUT2D eigenvalue weighted by molar-refractivity contribution is -0.384. The molecule has 0 radical (unpaired) electrons. The van der Waals surface area contributed by atoms with E-state index < -0.39 is 10.8 Å². The Morgan fingerprint density at radius 1 is 1.06 bits per heavy atom. The van der Waals surface area contributed by atoms with Crippen LogP contribution in [0.5, 0.6) is 11.5 Å². The van der Waals surface area contributed by atoms with E-state index in [-0.39, 0.29) is 33.6 Å². The van der Waals surface area contributed by atoms with Gasteiger partial charge in [-0.2, -0.15) is 5.10 Å². The molecule has 0 bridgehead atoms. The molecule has 4 rings (SSSR count). The Kier molecular flexibility index (Phi) is 6.30. The summed E-state index contributed by atoms with van der Waals surface area (Å²) in [6.45, 7) is 1.98. The fourth-order valence-electron chi connectivity index (χ4n) is 3.01. The number of carbonyl (C=O) groups is 1. The van der Waals surface area contributed by atoms with Crippen molar-refractivity contribution in [2.24, 2.45) is 0 Å². The van der Waals surface area contributed by atoms with Gasteiger partial charge in [-0.25, -0.2) is 0 Å². The quantitative estimate of drug-likeness (QED) is 0.236. The zero-order chi connectivity index (χ0) is 23.5. The van der Waals surface area contributed by atoms with Gasteiger partial charge in [0.1, 0.15) is 17.2 Å². The van der Waals surface area contributed by atoms with Crippen LogP contribution in [-0.4, -0.2) is 21.0 Å². The molecular weight excluding hydrogens is 467 g/mol. The Balaban J connectivity index is 1.57. The van der Waals surface area contributed by atoms with Gasteiger partial charge in [0.15, 0.2) is 0 Å².